The number of unbranched alkanes of at least 4 members (excludes halogenated alkanes) is 3. The summed E-state index contributed by atoms with van der Waals surface area (Å²) in [6.07, 6.45) is 4.88. The predicted octanol–water partition coefficient (Wildman–Crippen LogP) is 4.72. The summed E-state index contributed by atoms with van der Waals surface area (Å²) in [7, 11) is 3.22. The second-order valence-corrected chi connectivity index (χ2v) is 9.90. The quantitative estimate of drug-likeness (QED) is 0.338. The fourth-order valence-corrected chi connectivity index (χ4v) is 4.84. The normalized spacial score (nSPS) is 15.1. The van der Waals surface area contributed by atoms with Crippen molar-refractivity contribution in [3.8, 4) is 11.1 Å². The summed E-state index contributed by atoms with van der Waals surface area (Å²) in [4.78, 5) is 48.5. The molecule has 1 aliphatic heterocycles. The molecule has 1 unspecified atom stereocenters. The Labute approximate surface area is 210 Å². The summed E-state index contributed by atoms with van der Waals surface area (Å²) in [5.74, 6) is -0.303. The minimum Gasteiger partial charge on any atom is -0.469 e. The number of benzene rings is 2. The molecule has 3 rings (SSSR count). The van der Waals surface area contributed by atoms with Crippen molar-refractivity contribution in [1.29, 1.82) is 0 Å². The van der Waals surface area contributed by atoms with Crippen LogP contribution in [-0.4, -0.2) is 47.3 Å². The Morgan fingerprint density at radius 2 is 1.66 bits per heavy atom. The van der Waals surface area contributed by atoms with Crippen LogP contribution in [0.25, 0.3) is 11.1 Å². The molecule has 186 valence electrons. The maximum absolute atomic E-state index is 12.5. The van der Waals surface area contributed by atoms with Gasteiger partial charge < -0.3 is 9.64 Å². The average Bonchev–Trinajstić information content (AvgIpc) is 3.17. The lowest BCUT2D eigenvalue weighted by Gasteiger charge is -2.18. The van der Waals surface area contributed by atoms with E-state index in [1.165, 1.54) is 7.11 Å². The zero-order valence-corrected chi connectivity index (χ0v) is 21.1. The van der Waals surface area contributed by atoms with Crippen molar-refractivity contribution < 1.29 is 23.9 Å². The van der Waals surface area contributed by atoms with E-state index in [-0.39, 0.29) is 28.3 Å². The van der Waals surface area contributed by atoms with Crippen LogP contribution in [0.2, 0.25) is 0 Å². The van der Waals surface area contributed by atoms with E-state index in [4.69, 9.17) is 0 Å². The van der Waals surface area contributed by atoms with Gasteiger partial charge in [0, 0.05) is 26.4 Å². The Morgan fingerprint density at radius 1 is 0.943 bits per heavy atom. The first kappa shape index (κ1) is 26.5. The summed E-state index contributed by atoms with van der Waals surface area (Å²) in [6.45, 7) is 0.537. The van der Waals surface area contributed by atoms with E-state index in [1.807, 2.05) is 49.5 Å². The van der Waals surface area contributed by atoms with Crippen molar-refractivity contribution in [2.45, 2.75) is 56.7 Å². The number of carbonyl (C=O) groups excluding carboxylic acids is 4. The van der Waals surface area contributed by atoms with Crippen molar-refractivity contribution in [1.82, 2.24) is 10.2 Å². The van der Waals surface area contributed by atoms with Gasteiger partial charge in [-0.2, -0.15) is 0 Å². The smallest absolute Gasteiger partial charge is 0.305 e. The molecule has 2 aromatic carbocycles. The first-order chi connectivity index (χ1) is 16.9. The van der Waals surface area contributed by atoms with Gasteiger partial charge in [0.15, 0.2) is 0 Å². The maximum atomic E-state index is 12.5. The van der Waals surface area contributed by atoms with Crippen LogP contribution in [0.5, 0.6) is 0 Å². The first-order valence-corrected chi connectivity index (χ1v) is 12.7. The standard InChI is InChI=1S/C27H32N2O5S/c1-29(24(30)10-5-3-4-6-11-25(31)34-2)18-20-8-7-9-22(16-20)21-14-12-19(13-15-21)17-23-26(32)28-27(33)35-23/h7-9,12-16,23H,3-6,10-11,17-18H2,1-2H3,(H,28,32,33). The highest BCUT2D eigenvalue weighted by atomic mass is 32.2. The van der Waals surface area contributed by atoms with Crippen LogP contribution in [0.15, 0.2) is 48.5 Å². The van der Waals surface area contributed by atoms with Crippen molar-refractivity contribution in [3.05, 3.63) is 59.7 Å². The molecule has 0 aromatic heterocycles. The van der Waals surface area contributed by atoms with E-state index in [9.17, 15) is 19.2 Å². The lowest BCUT2D eigenvalue weighted by Crippen LogP contribution is -2.25. The Hall–Kier alpha value is -3.13. The topological polar surface area (TPSA) is 92.8 Å². The van der Waals surface area contributed by atoms with E-state index < -0.39 is 0 Å². The molecule has 0 radical (unpaired) electrons. The van der Waals surface area contributed by atoms with E-state index in [2.05, 4.69) is 16.1 Å². The van der Waals surface area contributed by atoms with Crippen molar-refractivity contribution >= 4 is 34.8 Å². The summed E-state index contributed by atoms with van der Waals surface area (Å²) >= 11 is 1.04. The van der Waals surface area contributed by atoms with Gasteiger partial charge in [-0.3, -0.25) is 24.5 Å². The number of amides is 3. The molecule has 1 heterocycles. The summed E-state index contributed by atoms with van der Waals surface area (Å²) < 4.78 is 4.63. The molecular weight excluding hydrogens is 464 g/mol. The summed E-state index contributed by atoms with van der Waals surface area (Å²) in [5, 5.41) is 1.67. The number of carbonyl (C=O) groups is 4. The molecule has 0 spiro atoms. The highest BCUT2D eigenvalue weighted by Crippen LogP contribution is 2.26. The molecule has 1 fully saturated rings. The van der Waals surface area contributed by atoms with E-state index >= 15 is 0 Å². The Balaban J connectivity index is 1.47. The highest BCUT2D eigenvalue weighted by molar-refractivity contribution is 8.15. The average molecular weight is 497 g/mol. The van der Waals surface area contributed by atoms with Gasteiger partial charge in [0.25, 0.3) is 5.24 Å². The largest absolute Gasteiger partial charge is 0.469 e. The third kappa shape index (κ3) is 8.24. The maximum Gasteiger partial charge on any atom is 0.305 e. The van der Waals surface area contributed by atoms with Gasteiger partial charge >= 0.3 is 5.97 Å². The van der Waals surface area contributed by atoms with Gasteiger partial charge in [-0.1, -0.05) is 67.1 Å². The number of imide groups is 1. The molecule has 7 nitrogen and oxygen atoms in total. The molecule has 35 heavy (non-hydrogen) atoms. The summed E-state index contributed by atoms with van der Waals surface area (Å²) in [5.41, 5.74) is 4.17. The predicted molar refractivity (Wildman–Crippen MR) is 137 cm³/mol. The zero-order valence-electron chi connectivity index (χ0n) is 20.2. The number of esters is 1. The molecular formula is C27H32N2O5S. The fourth-order valence-electron chi connectivity index (χ4n) is 3.98. The van der Waals surface area contributed by atoms with Crippen LogP contribution >= 0.6 is 11.8 Å². The highest BCUT2D eigenvalue weighted by Gasteiger charge is 2.31. The van der Waals surface area contributed by atoms with Crippen LogP contribution in [0.1, 0.15) is 49.7 Å². The van der Waals surface area contributed by atoms with Gasteiger partial charge in [0.2, 0.25) is 11.8 Å². The van der Waals surface area contributed by atoms with Gasteiger partial charge in [-0.15, -0.1) is 0 Å². The number of thioether (sulfide) groups is 1. The molecule has 8 heteroatoms. The van der Waals surface area contributed by atoms with Crippen molar-refractivity contribution in [2.24, 2.45) is 0 Å². The number of rotatable bonds is 12. The van der Waals surface area contributed by atoms with Gasteiger partial charge in [0.1, 0.15) is 0 Å². The second-order valence-electron chi connectivity index (χ2n) is 8.72. The van der Waals surface area contributed by atoms with Crippen LogP contribution in [0.4, 0.5) is 4.79 Å². The number of hydrogen-bond acceptors (Lipinski definition) is 6. The molecule has 3 amide bonds. The minimum absolute atomic E-state index is 0.111. The number of nitrogens with one attached hydrogen (secondary N) is 1. The summed E-state index contributed by atoms with van der Waals surface area (Å²) in [6, 6.07) is 16.1. The molecule has 1 saturated heterocycles. The van der Waals surface area contributed by atoms with Crippen molar-refractivity contribution in [3.63, 3.8) is 0 Å². The van der Waals surface area contributed by atoms with E-state index in [0.29, 0.717) is 25.8 Å². The zero-order chi connectivity index (χ0) is 25.2. The van der Waals surface area contributed by atoms with Crippen molar-refractivity contribution in [2.75, 3.05) is 14.2 Å². The molecule has 0 aliphatic carbocycles. The van der Waals surface area contributed by atoms with Gasteiger partial charge in [-0.05, 0) is 47.6 Å². The third-order valence-electron chi connectivity index (χ3n) is 6.00. The van der Waals surface area contributed by atoms with Gasteiger partial charge in [-0.25, -0.2) is 0 Å². The Kier molecular flexibility index (Phi) is 9.90. The Morgan fingerprint density at radius 3 is 2.31 bits per heavy atom. The molecule has 0 saturated carbocycles. The minimum atomic E-state index is -0.371. The van der Waals surface area contributed by atoms with E-state index in [1.54, 1.807) is 4.90 Å². The molecule has 1 atom stereocenters. The second kappa shape index (κ2) is 13.1. The third-order valence-corrected chi connectivity index (χ3v) is 6.98. The number of hydrogen-bond donors (Lipinski definition) is 1. The monoisotopic (exact) mass is 496 g/mol. The fraction of sp³-hybridized carbons (Fsp3) is 0.407. The first-order valence-electron chi connectivity index (χ1n) is 11.9. The van der Waals surface area contributed by atoms with Crippen LogP contribution < -0.4 is 5.32 Å². The lowest BCUT2D eigenvalue weighted by molar-refractivity contribution is -0.140. The van der Waals surface area contributed by atoms with Gasteiger partial charge in [0.05, 0.1) is 12.4 Å². The van der Waals surface area contributed by atoms with Crippen LogP contribution in [0, 0.1) is 0 Å². The molecule has 1 aliphatic rings. The van der Waals surface area contributed by atoms with E-state index in [0.717, 1.165) is 59.7 Å². The number of ether oxygens (including phenoxy) is 1. The number of methoxy groups -OCH3 is 1. The Bertz CT molecular complexity index is 1050. The lowest BCUT2D eigenvalue weighted by atomic mass is 10.00. The number of nitrogens with zero attached hydrogens (tertiary/aromatic N) is 1. The van der Waals surface area contributed by atoms with Crippen LogP contribution in [-0.2, 0) is 32.1 Å². The molecule has 2 aromatic rings. The molecule has 1 N–H and O–H groups in total. The SMILES string of the molecule is COC(=O)CCCCCCC(=O)N(C)Cc1cccc(-c2ccc(CC3SC(=O)NC3=O)cc2)c1. The van der Waals surface area contributed by atoms with Crippen LogP contribution in [0.3, 0.4) is 0 Å². The molecule has 0 bridgehead atoms.